The van der Waals surface area contributed by atoms with E-state index in [-0.39, 0.29) is 6.04 Å². The Balaban J connectivity index is 1.41. The predicted octanol–water partition coefficient (Wildman–Crippen LogP) is 6.10. The highest BCUT2D eigenvalue weighted by molar-refractivity contribution is 5.62. The van der Waals surface area contributed by atoms with Gasteiger partial charge in [0.2, 0.25) is 0 Å². The summed E-state index contributed by atoms with van der Waals surface area (Å²) in [6, 6.07) is 25.4. The Labute approximate surface area is 172 Å². The van der Waals surface area contributed by atoms with E-state index in [1.165, 1.54) is 22.4 Å². The fraction of sp³-hybridized carbons (Fsp3) is 0.231. The van der Waals surface area contributed by atoms with Crippen LogP contribution in [0, 0.1) is 5.92 Å². The first kappa shape index (κ1) is 17.9. The molecule has 3 aromatic rings. The molecular weight excluding hydrogens is 358 g/mol. The summed E-state index contributed by atoms with van der Waals surface area (Å²) in [5, 5.41) is 3.79. The molecule has 3 nitrogen and oxygen atoms in total. The SMILES string of the molecule is COc1cccc(C2Nc3ccc(OCc4ccccc4)cc3C3C=CCC32)c1. The Bertz CT molecular complexity index is 1030. The van der Waals surface area contributed by atoms with Crippen molar-refractivity contribution in [1.82, 2.24) is 0 Å². The molecule has 1 N–H and O–H groups in total. The number of allylic oxidation sites excluding steroid dienone is 2. The topological polar surface area (TPSA) is 30.5 Å². The van der Waals surface area contributed by atoms with Gasteiger partial charge in [-0.1, -0.05) is 54.6 Å². The molecule has 0 amide bonds. The van der Waals surface area contributed by atoms with Crippen molar-refractivity contribution >= 4 is 5.69 Å². The van der Waals surface area contributed by atoms with E-state index in [0.717, 1.165) is 17.9 Å². The Morgan fingerprint density at radius 2 is 1.83 bits per heavy atom. The van der Waals surface area contributed by atoms with Crippen molar-refractivity contribution in [2.24, 2.45) is 5.92 Å². The highest BCUT2D eigenvalue weighted by atomic mass is 16.5. The highest BCUT2D eigenvalue weighted by Gasteiger charge is 2.38. The van der Waals surface area contributed by atoms with E-state index in [2.05, 4.69) is 66.0 Å². The molecule has 3 heteroatoms. The minimum atomic E-state index is 0.272. The monoisotopic (exact) mass is 383 g/mol. The smallest absolute Gasteiger partial charge is 0.120 e. The highest BCUT2D eigenvalue weighted by Crippen LogP contribution is 2.50. The van der Waals surface area contributed by atoms with Crippen LogP contribution in [0.3, 0.4) is 0 Å². The van der Waals surface area contributed by atoms with Gasteiger partial charge in [-0.3, -0.25) is 0 Å². The average molecular weight is 383 g/mol. The third-order valence-electron chi connectivity index (χ3n) is 6.04. The van der Waals surface area contributed by atoms with Gasteiger partial charge < -0.3 is 14.8 Å². The van der Waals surface area contributed by atoms with Gasteiger partial charge in [0, 0.05) is 11.6 Å². The summed E-state index contributed by atoms with van der Waals surface area (Å²) in [6.45, 7) is 0.587. The molecule has 0 saturated carbocycles. The van der Waals surface area contributed by atoms with E-state index < -0.39 is 0 Å². The first-order valence-corrected chi connectivity index (χ1v) is 10.2. The Hall–Kier alpha value is -3.20. The van der Waals surface area contributed by atoms with Gasteiger partial charge >= 0.3 is 0 Å². The van der Waals surface area contributed by atoms with Gasteiger partial charge in [0.1, 0.15) is 18.1 Å². The fourth-order valence-electron chi connectivity index (χ4n) is 4.57. The number of methoxy groups -OCH3 is 1. The van der Waals surface area contributed by atoms with Gasteiger partial charge in [-0.15, -0.1) is 0 Å². The Morgan fingerprint density at radius 1 is 0.931 bits per heavy atom. The Morgan fingerprint density at radius 3 is 2.69 bits per heavy atom. The number of fused-ring (bicyclic) bond motifs is 3. The third kappa shape index (κ3) is 3.49. The van der Waals surface area contributed by atoms with E-state index in [0.29, 0.717) is 18.4 Å². The number of ether oxygens (including phenoxy) is 2. The summed E-state index contributed by atoms with van der Waals surface area (Å²) < 4.78 is 11.5. The van der Waals surface area contributed by atoms with Crippen molar-refractivity contribution in [3.8, 4) is 11.5 Å². The molecule has 3 atom stereocenters. The molecule has 5 rings (SSSR count). The minimum absolute atomic E-state index is 0.272. The van der Waals surface area contributed by atoms with E-state index in [4.69, 9.17) is 9.47 Å². The summed E-state index contributed by atoms with van der Waals surface area (Å²) in [7, 11) is 1.72. The molecule has 0 bridgehead atoms. The molecule has 0 saturated heterocycles. The van der Waals surface area contributed by atoms with Crippen LogP contribution in [0.2, 0.25) is 0 Å². The second-order valence-corrected chi connectivity index (χ2v) is 7.78. The molecule has 0 fully saturated rings. The van der Waals surface area contributed by atoms with E-state index in [9.17, 15) is 0 Å². The molecule has 3 aromatic carbocycles. The van der Waals surface area contributed by atoms with Gasteiger partial charge in [-0.25, -0.2) is 0 Å². The maximum Gasteiger partial charge on any atom is 0.120 e. The largest absolute Gasteiger partial charge is 0.497 e. The average Bonchev–Trinajstić information content (AvgIpc) is 3.28. The number of nitrogens with one attached hydrogen (secondary N) is 1. The van der Waals surface area contributed by atoms with Gasteiger partial charge in [-0.05, 0) is 59.4 Å². The molecule has 2 aliphatic rings. The summed E-state index contributed by atoms with van der Waals surface area (Å²) in [5.41, 5.74) is 4.98. The number of hydrogen-bond donors (Lipinski definition) is 1. The summed E-state index contributed by atoms with van der Waals surface area (Å²) in [4.78, 5) is 0. The van der Waals surface area contributed by atoms with Crippen LogP contribution in [0.25, 0.3) is 0 Å². The van der Waals surface area contributed by atoms with Crippen molar-refractivity contribution in [3.63, 3.8) is 0 Å². The lowest BCUT2D eigenvalue weighted by atomic mass is 9.77. The molecule has 1 aliphatic heterocycles. The lowest BCUT2D eigenvalue weighted by Gasteiger charge is -2.37. The summed E-state index contributed by atoms with van der Waals surface area (Å²) >= 11 is 0. The second-order valence-electron chi connectivity index (χ2n) is 7.78. The molecule has 1 heterocycles. The number of rotatable bonds is 5. The van der Waals surface area contributed by atoms with Crippen LogP contribution in [0.15, 0.2) is 84.9 Å². The zero-order valence-electron chi connectivity index (χ0n) is 16.5. The molecule has 29 heavy (non-hydrogen) atoms. The number of hydrogen-bond acceptors (Lipinski definition) is 3. The van der Waals surface area contributed by atoms with Crippen LogP contribution >= 0.6 is 0 Å². The molecule has 0 aromatic heterocycles. The van der Waals surface area contributed by atoms with Crippen LogP contribution < -0.4 is 14.8 Å². The van der Waals surface area contributed by atoms with Crippen molar-refractivity contribution in [1.29, 1.82) is 0 Å². The summed E-state index contributed by atoms with van der Waals surface area (Å²) in [5.74, 6) is 2.73. The van der Waals surface area contributed by atoms with Crippen LogP contribution in [-0.4, -0.2) is 7.11 Å². The zero-order valence-corrected chi connectivity index (χ0v) is 16.5. The van der Waals surface area contributed by atoms with Crippen molar-refractivity contribution in [2.45, 2.75) is 25.0 Å². The lowest BCUT2D eigenvalue weighted by Crippen LogP contribution is -2.29. The minimum Gasteiger partial charge on any atom is -0.497 e. The Kier molecular flexibility index (Phi) is 4.73. The van der Waals surface area contributed by atoms with Gasteiger partial charge in [-0.2, -0.15) is 0 Å². The van der Waals surface area contributed by atoms with Crippen LogP contribution in [-0.2, 0) is 6.61 Å². The second kappa shape index (κ2) is 7.67. The first-order valence-electron chi connectivity index (χ1n) is 10.2. The van der Waals surface area contributed by atoms with Crippen LogP contribution in [0.4, 0.5) is 5.69 Å². The number of anilines is 1. The molecule has 0 spiro atoms. The lowest BCUT2D eigenvalue weighted by molar-refractivity contribution is 0.305. The van der Waals surface area contributed by atoms with E-state index >= 15 is 0 Å². The molecule has 0 radical (unpaired) electrons. The number of benzene rings is 3. The maximum absolute atomic E-state index is 6.08. The van der Waals surface area contributed by atoms with Crippen molar-refractivity contribution < 1.29 is 9.47 Å². The van der Waals surface area contributed by atoms with E-state index in [1.54, 1.807) is 7.11 Å². The molecule has 3 unspecified atom stereocenters. The van der Waals surface area contributed by atoms with Gasteiger partial charge in [0.25, 0.3) is 0 Å². The fourth-order valence-corrected chi connectivity index (χ4v) is 4.57. The van der Waals surface area contributed by atoms with E-state index in [1.807, 2.05) is 24.3 Å². The maximum atomic E-state index is 6.08. The summed E-state index contributed by atoms with van der Waals surface area (Å²) in [6.07, 6.45) is 5.75. The molecule has 146 valence electrons. The van der Waals surface area contributed by atoms with Gasteiger partial charge in [0.05, 0.1) is 13.2 Å². The van der Waals surface area contributed by atoms with Crippen LogP contribution in [0.1, 0.15) is 35.1 Å². The predicted molar refractivity (Wildman–Crippen MR) is 117 cm³/mol. The third-order valence-corrected chi connectivity index (χ3v) is 6.04. The normalized spacial score (nSPS) is 21.8. The standard InChI is InChI=1S/C26H25NO2/c1-28-20-10-5-9-19(15-20)26-23-12-6-11-22(23)24-16-21(13-14-25(24)27-26)29-17-18-7-3-2-4-8-18/h2-11,13-16,22-23,26-27H,12,17H2,1H3. The molecule has 1 aliphatic carbocycles. The van der Waals surface area contributed by atoms with Crippen LogP contribution in [0.5, 0.6) is 11.5 Å². The van der Waals surface area contributed by atoms with Crippen molar-refractivity contribution in [2.75, 3.05) is 12.4 Å². The zero-order chi connectivity index (χ0) is 19.6. The first-order chi connectivity index (χ1) is 14.3. The van der Waals surface area contributed by atoms with Crippen molar-refractivity contribution in [3.05, 3.63) is 102 Å². The quantitative estimate of drug-likeness (QED) is 0.540. The van der Waals surface area contributed by atoms with Gasteiger partial charge in [0.15, 0.2) is 0 Å². The molecular formula is C26H25NO2.